The average Bonchev–Trinajstić information content (AvgIpc) is 3.20. The standard InChI is InChI=1S/C21H21F3N2O4/c1-28-17-5-3-14(11-18(17)29-2)4-6-20(27)26-10-8-16(13-26)30-19-12-15(7-9-25-19)21(22,23)24/h3-7,9,11-12,16H,8,10,13H2,1-2H3/b6-4+/t16-/m0/s1. The summed E-state index contributed by atoms with van der Waals surface area (Å²) in [6, 6.07) is 7.03. The molecule has 2 heterocycles. The van der Waals surface area contributed by atoms with Crippen LogP contribution in [0.25, 0.3) is 6.08 Å². The number of likely N-dealkylation sites (tertiary alicyclic amines) is 1. The Balaban J connectivity index is 1.59. The number of carbonyl (C=O) groups excluding carboxylic acids is 1. The van der Waals surface area contributed by atoms with Gasteiger partial charge in [0.05, 0.1) is 26.3 Å². The van der Waals surface area contributed by atoms with Gasteiger partial charge in [0.1, 0.15) is 6.10 Å². The van der Waals surface area contributed by atoms with E-state index in [-0.39, 0.29) is 18.3 Å². The zero-order chi connectivity index (χ0) is 21.7. The van der Waals surface area contributed by atoms with E-state index in [1.165, 1.54) is 20.3 Å². The van der Waals surface area contributed by atoms with Gasteiger partial charge in [0, 0.05) is 31.3 Å². The second kappa shape index (κ2) is 9.06. The second-order valence-corrected chi connectivity index (χ2v) is 6.64. The van der Waals surface area contributed by atoms with Crippen molar-refractivity contribution in [2.24, 2.45) is 0 Å². The van der Waals surface area contributed by atoms with Gasteiger partial charge in [-0.2, -0.15) is 13.2 Å². The number of ether oxygens (including phenoxy) is 3. The van der Waals surface area contributed by atoms with Crippen molar-refractivity contribution in [1.82, 2.24) is 9.88 Å². The van der Waals surface area contributed by atoms with Crippen molar-refractivity contribution in [2.75, 3.05) is 27.3 Å². The maximum absolute atomic E-state index is 12.8. The first-order chi connectivity index (χ1) is 14.3. The lowest BCUT2D eigenvalue weighted by Crippen LogP contribution is -2.29. The van der Waals surface area contributed by atoms with Crippen LogP contribution in [0, 0.1) is 0 Å². The van der Waals surface area contributed by atoms with Gasteiger partial charge >= 0.3 is 6.18 Å². The molecule has 1 aromatic heterocycles. The number of benzene rings is 1. The van der Waals surface area contributed by atoms with Gasteiger partial charge in [0.2, 0.25) is 11.8 Å². The highest BCUT2D eigenvalue weighted by Gasteiger charge is 2.32. The van der Waals surface area contributed by atoms with Crippen LogP contribution >= 0.6 is 0 Å². The monoisotopic (exact) mass is 422 g/mol. The van der Waals surface area contributed by atoms with Crippen LogP contribution in [0.1, 0.15) is 17.5 Å². The summed E-state index contributed by atoms with van der Waals surface area (Å²) in [5.74, 6) is 0.817. The largest absolute Gasteiger partial charge is 0.493 e. The third-order valence-electron chi connectivity index (χ3n) is 4.63. The first-order valence-corrected chi connectivity index (χ1v) is 9.19. The molecule has 3 rings (SSSR count). The minimum atomic E-state index is -4.46. The molecule has 0 bridgehead atoms. The number of pyridine rings is 1. The van der Waals surface area contributed by atoms with Crippen LogP contribution in [0.5, 0.6) is 17.4 Å². The van der Waals surface area contributed by atoms with E-state index in [1.807, 2.05) is 0 Å². The summed E-state index contributed by atoms with van der Waals surface area (Å²) in [5.41, 5.74) is -0.0579. The van der Waals surface area contributed by atoms with Crippen molar-refractivity contribution in [3.8, 4) is 17.4 Å². The Morgan fingerprint density at radius 1 is 1.17 bits per heavy atom. The van der Waals surface area contributed by atoms with Crippen molar-refractivity contribution in [2.45, 2.75) is 18.7 Å². The molecule has 0 spiro atoms. The molecule has 2 aromatic rings. The van der Waals surface area contributed by atoms with Crippen LogP contribution in [-0.2, 0) is 11.0 Å². The molecule has 1 saturated heterocycles. The summed E-state index contributed by atoms with van der Waals surface area (Å²) >= 11 is 0. The molecular weight excluding hydrogens is 401 g/mol. The topological polar surface area (TPSA) is 60.9 Å². The summed E-state index contributed by atoms with van der Waals surface area (Å²) < 4.78 is 54.4. The van der Waals surface area contributed by atoms with Gasteiger partial charge in [0.15, 0.2) is 11.5 Å². The Bertz CT molecular complexity index is 931. The number of amides is 1. The Morgan fingerprint density at radius 2 is 1.93 bits per heavy atom. The predicted octanol–water partition coefficient (Wildman–Crippen LogP) is 3.81. The van der Waals surface area contributed by atoms with Gasteiger partial charge in [-0.05, 0) is 29.8 Å². The minimum Gasteiger partial charge on any atom is -0.493 e. The highest BCUT2D eigenvalue weighted by atomic mass is 19.4. The van der Waals surface area contributed by atoms with Crippen molar-refractivity contribution < 1.29 is 32.2 Å². The zero-order valence-corrected chi connectivity index (χ0v) is 16.5. The van der Waals surface area contributed by atoms with Crippen molar-refractivity contribution in [3.05, 3.63) is 53.7 Å². The number of nitrogens with zero attached hydrogens (tertiary/aromatic N) is 2. The van der Waals surface area contributed by atoms with Crippen molar-refractivity contribution in [1.29, 1.82) is 0 Å². The molecule has 1 aliphatic heterocycles. The Labute approximate surface area is 171 Å². The molecule has 1 amide bonds. The van der Waals surface area contributed by atoms with E-state index >= 15 is 0 Å². The molecule has 9 heteroatoms. The highest BCUT2D eigenvalue weighted by molar-refractivity contribution is 5.92. The summed E-state index contributed by atoms with van der Waals surface area (Å²) in [7, 11) is 3.07. The fraction of sp³-hybridized carbons (Fsp3) is 0.333. The normalized spacial score (nSPS) is 16.7. The maximum Gasteiger partial charge on any atom is 0.416 e. The molecule has 30 heavy (non-hydrogen) atoms. The van der Waals surface area contributed by atoms with Gasteiger partial charge < -0.3 is 19.1 Å². The molecule has 6 nitrogen and oxygen atoms in total. The van der Waals surface area contributed by atoms with Gasteiger partial charge in [-0.15, -0.1) is 0 Å². The number of carbonyl (C=O) groups is 1. The second-order valence-electron chi connectivity index (χ2n) is 6.64. The third kappa shape index (κ3) is 5.22. The van der Waals surface area contributed by atoms with Crippen molar-refractivity contribution >= 4 is 12.0 Å². The van der Waals surface area contributed by atoms with Crippen LogP contribution in [0.15, 0.2) is 42.6 Å². The molecule has 0 aliphatic carbocycles. The lowest BCUT2D eigenvalue weighted by molar-refractivity contribution is -0.137. The van der Waals surface area contributed by atoms with Crippen LogP contribution in [0.4, 0.5) is 13.2 Å². The predicted molar refractivity (Wildman–Crippen MR) is 103 cm³/mol. The molecule has 1 aliphatic rings. The summed E-state index contributed by atoms with van der Waals surface area (Å²) in [5, 5.41) is 0. The van der Waals surface area contributed by atoms with Gasteiger partial charge in [-0.1, -0.05) is 6.07 Å². The van der Waals surface area contributed by atoms with E-state index in [9.17, 15) is 18.0 Å². The summed E-state index contributed by atoms with van der Waals surface area (Å²) in [4.78, 5) is 17.9. The van der Waals surface area contributed by atoms with Crippen LogP contribution in [0.3, 0.4) is 0 Å². The Kier molecular flexibility index (Phi) is 6.49. The number of aromatic nitrogens is 1. The first-order valence-electron chi connectivity index (χ1n) is 9.19. The molecule has 1 atom stereocenters. The average molecular weight is 422 g/mol. The molecule has 0 unspecified atom stereocenters. The smallest absolute Gasteiger partial charge is 0.416 e. The van der Waals surface area contributed by atoms with E-state index < -0.39 is 17.8 Å². The van der Waals surface area contributed by atoms with E-state index in [4.69, 9.17) is 14.2 Å². The molecule has 0 N–H and O–H groups in total. The van der Waals surface area contributed by atoms with Gasteiger partial charge in [-0.25, -0.2) is 4.98 Å². The van der Waals surface area contributed by atoms with Crippen LogP contribution in [-0.4, -0.2) is 49.2 Å². The zero-order valence-electron chi connectivity index (χ0n) is 16.5. The Hall–Kier alpha value is -3.23. The van der Waals surface area contributed by atoms with Gasteiger partial charge in [0.25, 0.3) is 0 Å². The van der Waals surface area contributed by atoms with E-state index in [1.54, 1.807) is 29.2 Å². The third-order valence-corrected chi connectivity index (χ3v) is 4.63. The molecule has 160 valence electrons. The highest BCUT2D eigenvalue weighted by Crippen LogP contribution is 2.31. The molecule has 1 fully saturated rings. The van der Waals surface area contributed by atoms with Crippen LogP contribution < -0.4 is 14.2 Å². The fourth-order valence-corrected chi connectivity index (χ4v) is 3.07. The molecule has 0 radical (unpaired) electrons. The SMILES string of the molecule is COc1ccc(/C=C/C(=O)N2CC[C@H](Oc3cc(C(F)(F)F)ccn3)C2)cc1OC. The van der Waals surface area contributed by atoms with Crippen molar-refractivity contribution in [3.63, 3.8) is 0 Å². The number of alkyl halides is 3. The molecule has 0 saturated carbocycles. The van der Waals surface area contributed by atoms with E-state index in [0.29, 0.717) is 24.5 Å². The summed E-state index contributed by atoms with van der Waals surface area (Å²) in [6.07, 6.45) is -0.220. The quantitative estimate of drug-likeness (QED) is 0.663. The lowest BCUT2D eigenvalue weighted by Gasteiger charge is -2.16. The number of hydrogen-bond acceptors (Lipinski definition) is 5. The summed E-state index contributed by atoms with van der Waals surface area (Å²) in [6.45, 7) is 0.714. The maximum atomic E-state index is 12.8. The number of rotatable bonds is 6. The van der Waals surface area contributed by atoms with Gasteiger partial charge in [-0.3, -0.25) is 4.79 Å². The minimum absolute atomic E-state index is 0.106. The number of hydrogen-bond donors (Lipinski definition) is 0. The first kappa shape index (κ1) is 21.5. The van der Waals surface area contributed by atoms with E-state index in [2.05, 4.69) is 4.98 Å². The molecule has 1 aromatic carbocycles. The number of methoxy groups -OCH3 is 2. The molecular formula is C21H21F3N2O4. The fourth-order valence-electron chi connectivity index (χ4n) is 3.07. The number of halogens is 3. The lowest BCUT2D eigenvalue weighted by atomic mass is 10.2. The Morgan fingerprint density at radius 3 is 2.63 bits per heavy atom. The van der Waals surface area contributed by atoms with E-state index in [0.717, 1.165) is 23.9 Å². The van der Waals surface area contributed by atoms with Crippen LogP contribution in [0.2, 0.25) is 0 Å².